The van der Waals surface area contributed by atoms with Crippen LogP contribution in [0.3, 0.4) is 0 Å². The van der Waals surface area contributed by atoms with E-state index >= 15 is 0 Å². The van der Waals surface area contributed by atoms with Crippen LogP contribution in [0.25, 0.3) is 0 Å². The largest absolute Gasteiger partial charge is 0.465 e. The summed E-state index contributed by atoms with van der Waals surface area (Å²) in [5.74, 6) is -0.542. The zero-order valence-corrected chi connectivity index (χ0v) is 18.6. The molecule has 1 aromatic rings. The van der Waals surface area contributed by atoms with E-state index in [1.54, 1.807) is 41.5 Å². The van der Waals surface area contributed by atoms with Crippen LogP contribution in [0.4, 0.5) is 4.79 Å². The van der Waals surface area contributed by atoms with Crippen molar-refractivity contribution in [3.05, 3.63) is 24.0 Å². The molecule has 0 radical (unpaired) electrons. The molecule has 0 aliphatic carbocycles. The van der Waals surface area contributed by atoms with Gasteiger partial charge in [0, 0.05) is 12.7 Å². The van der Waals surface area contributed by atoms with Gasteiger partial charge in [-0.2, -0.15) is 0 Å². The topological polar surface area (TPSA) is 114 Å². The first-order valence-corrected chi connectivity index (χ1v) is 11.2. The number of hydrogen-bond acceptors (Lipinski definition) is 6. The molecule has 1 aliphatic rings. The number of rotatable bonds is 5. The van der Waals surface area contributed by atoms with Crippen molar-refractivity contribution in [3.63, 3.8) is 0 Å². The zero-order valence-electron chi connectivity index (χ0n) is 17.8. The van der Waals surface area contributed by atoms with Gasteiger partial charge >= 0.3 is 12.1 Å². The molecule has 1 fully saturated rings. The normalized spacial score (nSPS) is 22.7. The van der Waals surface area contributed by atoms with Gasteiger partial charge in [0.2, 0.25) is 0 Å². The number of pyridine rings is 1. The maximum atomic E-state index is 13.2. The van der Waals surface area contributed by atoms with Crippen molar-refractivity contribution in [3.8, 4) is 0 Å². The van der Waals surface area contributed by atoms with Gasteiger partial charge in [-0.3, -0.25) is 14.7 Å². The standard InChI is InChI=1S/C20H30N2O6S/c1-7-20(17(23)28-19(4,5)6)10-12-22(18(24)25)16(20)15-14(9-8-11-21-15)29(26,27)13(2)3/h8-9,11,13,16H,7,10,12H2,1-6H3,(H,24,25). The van der Waals surface area contributed by atoms with Crippen LogP contribution in [0.15, 0.2) is 23.2 Å². The molecule has 0 bridgehead atoms. The van der Waals surface area contributed by atoms with Gasteiger partial charge in [0.25, 0.3) is 0 Å². The SMILES string of the molecule is CCC1(C(=O)OC(C)(C)C)CCN(C(=O)O)C1c1ncccc1S(=O)(=O)C(C)C. The lowest BCUT2D eigenvalue weighted by molar-refractivity contribution is -0.169. The van der Waals surface area contributed by atoms with Crippen LogP contribution < -0.4 is 0 Å². The molecule has 162 valence electrons. The predicted octanol–water partition coefficient (Wildman–Crippen LogP) is 3.43. The summed E-state index contributed by atoms with van der Waals surface area (Å²) in [5.41, 5.74) is -1.91. The molecule has 29 heavy (non-hydrogen) atoms. The van der Waals surface area contributed by atoms with E-state index in [9.17, 15) is 23.1 Å². The second-order valence-electron chi connectivity index (χ2n) is 8.62. The molecular weight excluding hydrogens is 396 g/mol. The molecule has 1 aromatic heterocycles. The highest BCUT2D eigenvalue weighted by molar-refractivity contribution is 7.92. The summed E-state index contributed by atoms with van der Waals surface area (Å²) in [5, 5.41) is 9.07. The summed E-state index contributed by atoms with van der Waals surface area (Å²) in [6.45, 7) is 10.2. The second-order valence-corrected chi connectivity index (χ2v) is 11.1. The molecule has 2 heterocycles. The highest BCUT2D eigenvalue weighted by Crippen LogP contribution is 2.51. The number of nitrogens with zero attached hydrogens (tertiary/aromatic N) is 2. The Morgan fingerprint density at radius 3 is 2.48 bits per heavy atom. The number of carbonyl (C=O) groups excluding carboxylic acids is 1. The van der Waals surface area contributed by atoms with Crippen LogP contribution in [0, 0.1) is 5.41 Å². The number of sulfone groups is 1. The van der Waals surface area contributed by atoms with Gasteiger partial charge in [0.05, 0.1) is 27.3 Å². The molecule has 8 nitrogen and oxygen atoms in total. The Morgan fingerprint density at radius 1 is 1.38 bits per heavy atom. The average Bonchev–Trinajstić information content (AvgIpc) is 3.01. The highest BCUT2D eigenvalue weighted by atomic mass is 32.2. The molecule has 2 atom stereocenters. The number of hydrogen-bond donors (Lipinski definition) is 1. The Labute approximate surface area is 172 Å². The molecule has 0 saturated carbocycles. The lowest BCUT2D eigenvalue weighted by atomic mass is 9.76. The lowest BCUT2D eigenvalue weighted by Crippen LogP contribution is -2.44. The third-order valence-electron chi connectivity index (χ3n) is 5.30. The predicted molar refractivity (Wildman–Crippen MR) is 107 cm³/mol. The molecule has 0 spiro atoms. The summed E-state index contributed by atoms with van der Waals surface area (Å²) >= 11 is 0. The fourth-order valence-corrected chi connectivity index (χ4v) is 4.94. The third kappa shape index (κ3) is 4.24. The van der Waals surface area contributed by atoms with E-state index in [1.165, 1.54) is 18.3 Å². The number of likely N-dealkylation sites (tertiary alicyclic amines) is 1. The molecule has 0 aromatic carbocycles. The maximum Gasteiger partial charge on any atom is 0.407 e. The van der Waals surface area contributed by atoms with Crippen molar-refractivity contribution in [2.24, 2.45) is 5.41 Å². The van der Waals surface area contributed by atoms with E-state index in [0.717, 1.165) is 4.90 Å². The quantitative estimate of drug-likeness (QED) is 0.718. The van der Waals surface area contributed by atoms with Crippen molar-refractivity contribution in [2.45, 2.75) is 76.2 Å². The lowest BCUT2D eigenvalue weighted by Gasteiger charge is -2.37. The minimum absolute atomic E-state index is 0.0467. The number of aromatic nitrogens is 1. The van der Waals surface area contributed by atoms with Crippen LogP contribution in [0.2, 0.25) is 0 Å². The molecule has 9 heteroatoms. The summed E-state index contributed by atoms with van der Waals surface area (Å²) in [6, 6.07) is 1.87. The van der Waals surface area contributed by atoms with Crippen molar-refractivity contribution < 1.29 is 27.9 Å². The molecule has 2 unspecified atom stereocenters. The second kappa shape index (κ2) is 7.93. The Morgan fingerprint density at radius 2 is 2.00 bits per heavy atom. The van der Waals surface area contributed by atoms with E-state index in [1.807, 2.05) is 0 Å². The van der Waals surface area contributed by atoms with Crippen LogP contribution in [-0.2, 0) is 19.4 Å². The molecule has 1 saturated heterocycles. The van der Waals surface area contributed by atoms with Crippen molar-refractivity contribution in [2.75, 3.05) is 6.54 Å². The van der Waals surface area contributed by atoms with Gasteiger partial charge in [-0.15, -0.1) is 0 Å². The number of carbonyl (C=O) groups is 2. The maximum absolute atomic E-state index is 13.2. The fourth-order valence-electron chi connectivity index (χ4n) is 3.71. The third-order valence-corrected chi connectivity index (χ3v) is 7.50. The molecular formula is C20H30N2O6S. The van der Waals surface area contributed by atoms with Gasteiger partial charge in [-0.25, -0.2) is 13.2 Å². The zero-order chi connectivity index (χ0) is 22.2. The van der Waals surface area contributed by atoms with E-state index in [0.29, 0.717) is 0 Å². The van der Waals surface area contributed by atoms with E-state index in [-0.39, 0.29) is 30.0 Å². The fraction of sp³-hybridized carbons (Fsp3) is 0.650. The number of esters is 1. The Balaban J connectivity index is 2.74. The summed E-state index contributed by atoms with van der Waals surface area (Å²) in [7, 11) is -3.75. The number of ether oxygens (including phenoxy) is 1. The van der Waals surface area contributed by atoms with E-state index < -0.39 is 44.2 Å². The van der Waals surface area contributed by atoms with E-state index in [2.05, 4.69) is 4.98 Å². The Hall–Kier alpha value is -2.16. The van der Waals surface area contributed by atoms with Gasteiger partial charge in [0.15, 0.2) is 9.84 Å². The van der Waals surface area contributed by atoms with Gasteiger partial charge in [0.1, 0.15) is 5.60 Å². The van der Waals surface area contributed by atoms with Crippen molar-refractivity contribution in [1.29, 1.82) is 0 Å². The van der Waals surface area contributed by atoms with Crippen LogP contribution in [-0.4, -0.2) is 52.9 Å². The Kier molecular flexibility index (Phi) is 6.32. The first-order chi connectivity index (χ1) is 13.3. The smallest absolute Gasteiger partial charge is 0.407 e. The molecule has 1 N–H and O–H groups in total. The first-order valence-electron chi connectivity index (χ1n) is 9.69. The highest BCUT2D eigenvalue weighted by Gasteiger charge is 2.57. The van der Waals surface area contributed by atoms with Gasteiger partial charge < -0.3 is 9.84 Å². The molecule has 2 rings (SSSR count). The summed E-state index contributed by atoms with van der Waals surface area (Å²) < 4.78 is 31.6. The minimum atomic E-state index is -3.75. The minimum Gasteiger partial charge on any atom is -0.465 e. The van der Waals surface area contributed by atoms with Gasteiger partial charge in [-0.1, -0.05) is 6.92 Å². The molecule has 1 aliphatic heterocycles. The molecule has 1 amide bonds. The Bertz CT molecular complexity index is 890. The average molecular weight is 427 g/mol. The van der Waals surface area contributed by atoms with Gasteiger partial charge in [-0.05, 0) is 59.6 Å². The van der Waals surface area contributed by atoms with E-state index in [4.69, 9.17) is 4.74 Å². The monoisotopic (exact) mass is 426 g/mol. The number of carboxylic acid groups (broad SMARTS) is 1. The van der Waals surface area contributed by atoms with Crippen molar-refractivity contribution >= 4 is 21.9 Å². The van der Waals surface area contributed by atoms with Crippen LogP contribution in [0.5, 0.6) is 0 Å². The van der Waals surface area contributed by atoms with Crippen molar-refractivity contribution in [1.82, 2.24) is 9.88 Å². The van der Waals surface area contributed by atoms with Crippen LogP contribution >= 0.6 is 0 Å². The number of amides is 1. The summed E-state index contributed by atoms with van der Waals surface area (Å²) in [6.07, 6.45) is 0.705. The first kappa shape index (κ1) is 23.1. The summed E-state index contributed by atoms with van der Waals surface area (Å²) in [4.78, 5) is 30.6. The van der Waals surface area contributed by atoms with Crippen LogP contribution in [0.1, 0.15) is 66.1 Å².